The normalized spacial score (nSPS) is 16.2. The minimum atomic E-state index is -4.83. The number of hydrogen-bond donors (Lipinski definition) is 1. The maximum atomic E-state index is 12.9. The van der Waals surface area contributed by atoms with E-state index in [1.54, 1.807) is 0 Å². The lowest BCUT2D eigenvalue weighted by molar-refractivity contribution is -0.274. The number of alkyl halides is 3. The zero-order chi connectivity index (χ0) is 22.8. The fourth-order valence-corrected chi connectivity index (χ4v) is 4.61. The number of amides is 1. The summed E-state index contributed by atoms with van der Waals surface area (Å²) in [6.07, 6.45) is -4.83. The van der Waals surface area contributed by atoms with Crippen molar-refractivity contribution in [2.75, 3.05) is 38.5 Å². The van der Waals surface area contributed by atoms with E-state index in [0.717, 1.165) is 12.1 Å². The highest BCUT2D eigenvalue weighted by Crippen LogP contribution is 2.26. The van der Waals surface area contributed by atoms with Gasteiger partial charge in [-0.2, -0.15) is 4.31 Å². The lowest BCUT2D eigenvalue weighted by Gasteiger charge is -2.31. The number of hydrogen-bond acceptors (Lipinski definition) is 5. The molecule has 0 spiro atoms. The third kappa shape index (κ3) is 5.88. The minimum Gasteiger partial charge on any atom is -0.406 e. The van der Waals surface area contributed by atoms with Crippen molar-refractivity contribution in [1.82, 2.24) is 9.21 Å². The van der Waals surface area contributed by atoms with Crippen molar-refractivity contribution in [2.45, 2.75) is 11.3 Å². The van der Waals surface area contributed by atoms with Crippen LogP contribution in [-0.2, 0) is 10.0 Å². The molecule has 0 saturated carbocycles. The van der Waals surface area contributed by atoms with Crippen molar-refractivity contribution >= 4 is 33.2 Å². The zero-order valence-electron chi connectivity index (χ0n) is 16.3. The Hall–Kier alpha value is -2.34. The van der Waals surface area contributed by atoms with E-state index < -0.39 is 28.0 Å². The molecular formula is C19H19ClF3N3O4S. The molecule has 3 rings (SSSR count). The summed E-state index contributed by atoms with van der Waals surface area (Å²) < 4.78 is 67.7. The molecule has 2 aromatic rings. The lowest BCUT2D eigenvalue weighted by Crippen LogP contribution is -2.47. The largest absolute Gasteiger partial charge is 0.573 e. The first-order chi connectivity index (χ1) is 14.5. The van der Waals surface area contributed by atoms with Gasteiger partial charge in [0.2, 0.25) is 10.0 Å². The third-order valence-corrected chi connectivity index (χ3v) is 6.85. The second kappa shape index (κ2) is 9.03. The van der Waals surface area contributed by atoms with Gasteiger partial charge < -0.3 is 15.0 Å². The predicted molar refractivity (Wildman–Crippen MR) is 109 cm³/mol. The van der Waals surface area contributed by atoms with Crippen LogP contribution in [0.3, 0.4) is 0 Å². The molecule has 0 bridgehead atoms. The van der Waals surface area contributed by atoms with Crippen LogP contribution in [0.1, 0.15) is 10.4 Å². The van der Waals surface area contributed by atoms with Crippen LogP contribution in [0.4, 0.5) is 18.9 Å². The number of carbonyl (C=O) groups excluding carboxylic acids is 1. The average molecular weight is 478 g/mol. The van der Waals surface area contributed by atoms with Gasteiger partial charge in [-0.05, 0) is 49.5 Å². The van der Waals surface area contributed by atoms with Crippen LogP contribution < -0.4 is 10.1 Å². The third-order valence-electron chi connectivity index (χ3n) is 4.63. The number of likely N-dealkylation sites (N-methyl/N-ethyl adjacent to an activating group) is 1. The van der Waals surface area contributed by atoms with E-state index in [-0.39, 0.29) is 21.2 Å². The molecule has 0 atom stereocenters. The van der Waals surface area contributed by atoms with Crippen molar-refractivity contribution < 1.29 is 31.1 Å². The van der Waals surface area contributed by atoms with Crippen LogP contribution in [0.15, 0.2) is 47.4 Å². The van der Waals surface area contributed by atoms with Crippen LogP contribution in [0.2, 0.25) is 5.02 Å². The molecule has 1 aliphatic rings. The Morgan fingerprint density at radius 3 is 2.26 bits per heavy atom. The number of rotatable bonds is 5. The first-order valence-corrected chi connectivity index (χ1v) is 10.9. The summed E-state index contributed by atoms with van der Waals surface area (Å²) in [4.78, 5) is 14.6. The number of nitrogens with zero attached hydrogens (tertiary/aromatic N) is 2. The van der Waals surface area contributed by atoms with E-state index in [4.69, 9.17) is 11.6 Å². The Kier molecular flexibility index (Phi) is 6.79. The Morgan fingerprint density at radius 2 is 1.68 bits per heavy atom. The molecule has 0 unspecified atom stereocenters. The molecule has 7 nitrogen and oxygen atoms in total. The first kappa shape index (κ1) is 23.3. The zero-order valence-corrected chi connectivity index (χ0v) is 17.9. The quantitative estimate of drug-likeness (QED) is 0.714. The van der Waals surface area contributed by atoms with Crippen molar-refractivity contribution in [3.63, 3.8) is 0 Å². The topological polar surface area (TPSA) is 79.0 Å². The van der Waals surface area contributed by atoms with Crippen LogP contribution in [0.5, 0.6) is 5.75 Å². The molecule has 12 heteroatoms. The molecule has 1 fully saturated rings. The van der Waals surface area contributed by atoms with Gasteiger partial charge in [-0.25, -0.2) is 8.42 Å². The molecule has 1 amide bonds. The Labute approximate surface area is 182 Å². The number of anilines is 1. The van der Waals surface area contributed by atoms with E-state index in [1.165, 1.54) is 34.6 Å². The summed E-state index contributed by atoms with van der Waals surface area (Å²) >= 11 is 6.09. The fraction of sp³-hybridized carbons (Fsp3) is 0.316. The standard InChI is InChI=1S/C19H19ClF3N3O4S/c1-25-8-10-26(11-9-25)31(28,29)15-6-7-17(20)16(12-15)18(27)24-13-2-4-14(5-3-13)30-19(21,22)23/h2-7,12H,8-11H2,1H3,(H,24,27). The van der Waals surface area contributed by atoms with Gasteiger partial charge in [0.15, 0.2) is 0 Å². The monoisotopic (exact) mass is 477 g/mol. The summed E-state index contributed by atoms with van der Waals surface area (Å²) in [5.74, 6) is -1.14. The van der Waals surface area contributed by atoms with Gasteiger partial charge in [-0.3, -0.25) is 4.79 Å². The number of carbonyl (C=O) groups is 1. The van der Waals surface area contributed by atoms with E-state index in [9.17, 15) is 26.4 Å². The summed E-state index contributed by atoms with van der Waals surface area (Å²) in [5, 5.41) is 2.51. The molecule has 0 aliphatic carbocycles. The van der Waals surface area contributed by atoms with E-state index >= 15 is 0 Å². The summed E-state index contributed by atoms with van der Waals surface area (Å²) in [6.45, 7) is 1.84. The van der Waals surface area contributed by atoms with Gasteiger partial charge in [0.25, 0.3) is 5.91 Å². The highest BCUT2D eigenvalue weighted by Gasteiger charge is 2.31. The van der Waals surface area contributed by atoms with E-state index in [1.807, 2.05) is 11.9 Å². The molecule has 1 aliphatic heterocycles. The van der Waals surface area contributed by atoms with Crippen molar-refractivity contribution in [3.05, 3.63) is 53.1 Å². The summed E-state index contributed by atoms with van der Waals surface area (Å²) in [7, 11) is -1.91. The highest BCUT2D eigenvalue weighted by molar-refractivity contribution is 7.89. The van der Waals surface area contributed by atoms with Crippen molar-refractivity contribution in [1.29, 1.82) is 0 Å². The van der Waals surface area contributed by atoms with Crippen LogP contribution in [0, 0.1) is 0 Å². The van der Waals surface area contributed by atoms with Crippen LogP contribution in [-0.4, -0.2) is 63.1 Å². The molecular weight excluding hydrogens is 459 g/mol. The second-order valence-corrected chi connectivity index (χ2v) is 9.22. The van der Waals surface area contributed by atoms with Gasteiger partial charge in [-0.1, -0.05) is 11.6 Å². The second-order valence-electron chi connectivity index (χ2n) is 6.88. The molecule has 0 aromatic heterocycles. The first-order valence-electron chi connectivity index (χ1n) is 9.11. The van der Waals surface area contributed by atoms with Crippen LogP contribution >= 0.6 is 11.6 Å². The van der Waals surface area contributed by atoms with Crippen molar-refractivity contribution in [3.8, 4) is 5.75 Å². The molecule has 1 N–H and O–H groups in total. The molecule has 31 heavy (non-hydrogen) atoms. The Bertz CT molecular complexity index is 1050. The van der Waals surface area contributed by atoms with Crippen LogP contribution in [0.25, 0.3) is 0 Å². The molecule has 2 aromatic carbocycles. The Balaban J connectivity index is 1.77. The maximum absolute atomic E-state index is 12.9. The smallest absolute Gasteiger partial charge is 0.406 e. The molecule has 0 radical (unpaired) electrons. The molecule has 1 saturated heterocycles. The SMILES string of the molecule is CN1CCN(S(=O)(=O)c2ccc(Cl)c(C(=O)Nc3ccc(OC(F)(F)F)cc3)c2)CC1. The minimum absolute atomic E-state index is 0.0341. The molecule has 168 valence electrons. The summed E-state index contributed by atoms with van der Waals surface area (Å²) in [5.41, 5.74) is 0.107. The van der Waals surface area contributed by atoms with Gasteiger partial charge in [0.1, 0.15) is 5.75 Å². The van der Waals surface area contributed by atoms with Crippen molar-refractivity contribution in [2.24, 2.45) is 0 Å². The number of piperazine rings is 1. The number of halogens is 4. The summed E-state index contributed by atoms with van der Waals surface area (Å²) in [6, 6.07) is 8.36. The number of ether oxygens (including phenoxy) is 1. The van der Waals surface area contributed by atoms with Gasteiger partial charge >= 0.3 is 6.36 Å². The lowest BCUT2D eigenvalue weighted by atomic mass is 10.2. The molecule has 1 heterocycles. The number of nitrogens with one attached hydrogen (secondary N) is 1. The van der Waals surface area contributed by atoms with Gasteiger partial charge in [0.05, 0.1) is 15.5 Å². The van der Waals surface area contributed by atoms with Gasteiger partial charge in [-0.15, -0.1) is 13.2 Å². The van der Waals surface area contributed by atoms with Gasteiger partial charge in [0, 0.05) is 31.9 Å². The Morgan fingerprint density at radius 1 is 1.06 bits per heavy atom. The highest BCUT2D eigenvalue weighted by atomic mass is 35.5. The maximum Gasteiger partial charge on any atom is 0.573 e. The van der Waals surface area contributed by atoms with E-state index in [0.29, 0.717) is 26.2 Å². The number of benzene rings is 2. The number of sulfonamides is 1. The fourth-order valence-electron chi connectivity index (χ4n) is 2.95. The van der Waals surface area contributed by atoms with E-state index in [2.05, 4.69) is 10.1 Å². The average Bonchev–Trinajstić information content (AvgIpc) is 2.69. The predicted octanol–water partition coefficient (Wildman–Crippen LogP) is 3.43.